The van der Waals surface area contributed by atoms with Crippen LogP contribution in [0, 0.1) is 6.92 Å². The highest BCUT2D eigenvalue weighted by Crippen LogP contribution is 2.28. The Morgan fingerprint density at radius 1 is 1.21 bits per heavy atom. The molecule has 1 N–H and O–H groups in total. The van der Waals surface area contributed by atoms with Crippen LogP contribution in [0.15, 0.2) is 35.0 Å². The van der Waals surface area contributed by atoms with Crippen LogP contribution in [0.5, 0.6) is 11.6 Å². The standard InChI is InChI=1S/C19H21N7O3/c1-4-20-9-13-5-6-14(21-10-13)11-28-19-16(27-3)8-17-22-23-18(26(17)24-19)15-7-12(2)29-25-15/h5-8,10,20H,4,9,11H2,1-3H3. The Kier molecular flexibility index (Phi) is 5.34. The van der Waals surface area contributed by atoms with Crippen LogP contribution in [0.2, 0.25) is 0 Å². The molecule has 4 aromatic rings. The maximum absolute atomic E-state index is 5.87. The minimum Gasteiger partial charge on any atom is -0.491 e. The van der Waals surface area contributed by atoms with Crippen LogP contribution in [0.1, 0.15) is 23.9 Å². The van der Waals surface area contributed by atoms with Crippen molar-refractivity contribution in [2.75, 3.05) is 13.7 Å². The zero-order valence-electron chi connectivity index (χ0n) is 16.4. The monoisotopic (exact) mass is 395 g/mol. The molecule has 0 spiro atoms. The molecule has 0 aliphatic rings. The van der Waals surface area contributed by atoms with E-state index in [9.17, 15) is 0 Å². The fraction of sp³-hybridized carbons (Fsp3) is 0.316. The second-order valence-electron chi connectivity index (χ2n) is 6.36. The average molecular weight is 395 g/mol. The highest BCUT2D eigenvalue weighted by molar-refractivity contribution is 5.56. The van der Waals surface area contributed by atoms with E-state index in [1.165, 1.54) is 0 Å². The van der Waals surface area contributed by atoms with Gasteiger partial charge in [0.05, 0.1) is 12.8 Å². The van der Waals surface area contributed by atoms with Gasteiger partial charge in [0.15, 0.2) is 17.1 Å². The molecular formula is C19H21N7O3. The number of pyridine rings is 1. The lowest BCUT2D eigenvalue weighted by Gasteiger charge is -2.10. The van der Waals surface area contributed by atoms with Gasteiger partial charge in [0, 0.05) is 24.9 Å². The fourth-order valence-electron chi connectivity index (χ4n) is 2.73. The molecule has 0 amide bonds. The van der Waals surface area contributed by atoms with Crippen molar-refractivity contribution in [1.82, 2.24) is 35.3 Å². The summed E-state index contributed by atoms with van der Waals surface area (Å²) in [5, 5.41) is 20.0. The minimum absolute atomic E-state index is 0.247. The summed E-state index contributed by atoms with van der Waals surface area (Å²) in [6.07, 6.45) is 1.83. The second kappa shape index (κ2) is 8.23. The predicted molar refractivity (Wildman–Crippen MR) is 104 cm³/mol. The summed E-state index contributed by atoms with van der Waals surface area (Å²) in [5.74, 6) is 1.89. The molecule has 0 saturated carbocycles. The van der Waals surface area contributed by atoms with E-state index in [0.29, 0.717) is 34.6 Å². The number of nitrogens with one attached hydrogen (secondary N) is 1. The van der Waals surface area contributed by atoms with E-state index in [0.717, 1.165) is 24.3 Å². The van der Waals surface area contributed by atoms with Crippen molar-refractivity contribution >= 4 is 5.65 Å². The second-order valence-corrected chi connectivity index (χ2v) is 6.36. The first-order chi connectivity index (χ1) is 14.2. The van der Waals surface area contributed by atoms with Gasteiger partial charge in [-0.2, -0.15) is 4.52 Å². The molecule has 0 fully saturated rings. The number of fused-ring (bicyclic) bond motifs is 1. The molecule has 4 aromatic heterocycles. The Labute approximate surface area is 166 Å². The highest BCUT2D eigenvalue weighted by Gasteiger charge is 2.17. The van der Waals surface area contributed by atoms with Crippen molar-refractivity contribution in [2.24, 2.45) is 0 Å². The Balaban J connectivity index is 1.57. The first-order valence-corrected chi connectivity index (χ1v) is 9.19. The Hall–Kier alpha value is -3.53. The largest absolute Gasteiger partial charge is 0.491 e. The van der Waals surface area contributed by atoms with Gasteiger partial charge in [-0.05, 0) is 25.1 Å². The van der Waals surface area contributed by atoms with Crippen molar-refractivity contribution in [3.05, 3.63) is 47.5 Å². The zero-order chi connectivity index (χ0) is 20.2. The van der Waals surface area contributed by atoms with Crippen molar-refractivity contribution in [3.63, 3.8) is 0 Å². The maximum Gasteiger partial charge on any atom is 0.275 e. The van der Waals surface area contributed by atoms with Crippen LogP contribution < -0.4 is 14.8 Å². The van der Waals surface area contributed by atoms with Gasteiger partial charge in [-0.3, -0.25) is 4.98 Å². The van der Waals surface area contributed by atoms with Crippen molar-refractivity contribution in [2.45, 2.75) is 27.0 Å². The molecule has 29 heavy (non-hydrogen) atoms. The third-order valence-corrected chi connectivity index (χ3v) is 4.23. The van der Waals surface area contributed by atoms with Gasteiger partial charge in [-0.15, -0.1) is 15.3 Å². The number of ether oxygens (including phenoxy) is 2. The molecule has 10 nitrogen and oxygen atoms in total. The van der Waals surface area contributed by atoms with Gasteiger partial charge in [0.1, 0.15) is 12.4 Å². The number of hydrogen-bond donors (Lipinski definition) is 1. The smallest absolute Gasteiger partial charge is 0.275 e. The Morgan fingerprint density at radius 2 is 2.10 bits per heavy atom. The van der Waals surface area contributed by atoms with Crippen LogP contribution in [-0.4, -0.2) is 43.6 Å². The fourth-order valence-corrected chi connectivity index (χ4v) is 2.73. The molecule has 4 heterocycles. The van der Waals surface area contributed by atoms with E-state index < -0.39 is 0 Å². The van der Waals surface area contributed by atoms with Crippen LogP contribution in [0.4, 0.5) is 0 Å². The maximum atomic E-state index is 5.87. The van der Waals surface area contributed by atoms with E-state index in [1.54, 1.807) is 30.7 Å². The van der Waals surface area contributed by atoms with Gasteiger partial charge in [-0.25, -0.2) is 0 Å². The van der Waals surface area contributed by atoms with Crippen molar-refractivity contribution in [1.29, 1.82) is 0 Å². The van der Waals surface area contributed by atoms with E-state index in [2.05, 4.69) is 37.7 Å². The topological polar surface area (TPSA) is 112 Å². The summed E-state index contributed by atoms with van der Waals surface area (Å²) in [6.45, 7) is 5.82. The Bertz CT molecular complexity index is 1100. The summed E-state index contributed by atoms with van der Waals surface area (Å²) in [4.78, 5) is 4.43. The molecule has 0 aliphatic heterocycles. The number of aryl methyl sites for hydroxylation is 1. The van der Waals surface area contributed by atoms with Crippen LogP contribution in [0.25, 0.3) is 17.2 Å². The Morgan fingerprint density at radius 3 is 2.79 bits per heavy atom. The summed E-state index contributed by atoms with van der Waals surface area (Å²) in [5.41, 5.74) is 2.95. The lowest BCUT2D eigenvalue weighted by molar-refractivity contribution is 0.264. The van der Waals surface area contributed by atoms with E-state index in [1.807, 2.05) is 18.3 Å². The molecule has 0 atom stereocenters. The molecule has 0 aliphatic carbocycles. The van der Waals surface area contributed by atoms with Crippen molar-refractivity contribution < 1.29 is 14.0 Å². The summed E-state index contributed by atoms with van der Waals surface area (Å²) in [7, 11) is 1.55. The van der Waals surface area contributed by atoms with Crippen LogP contribution >= 0.6 is 0 Å². The van der Waals surface area contributed by atoms with Crippen LogP contribution in [-0.2, 0) is 13.2 Å². The van der Waals surface area contributed by atoms with Gasteiger partial charge < -0.3 is 19.3 Å². The molecule has 4 rings (SSSR count). The van der Waals surface area contributed by atoms with Gasteiger partial charge in [0.25, 0.3) is 5.88 Å². The first kappa shape index (κ1) is 18.8. The molecule has 0 saturated heterocycles. The number of aromatic nitrogens is 6. The first-order valence-electron chi connectivity index (χ1n) is 9.19. The molecular weight excluding hydrogens is 374 g/mol. The van der Waals surface area contributed by atoms with Crippen molar-refractivity contribution in [3.8, 4) is 23.1 Å². The third kappa shape index (κ3) is 4.02. The van der Waals surface area contributed by atoms with E-state index in [4.69, 9.17) is 14.0 Å². The van der Waals surface area contributed by atoms with Gasteiger partial charge in [0.2, 0.25) is 5.82 Å². The molecule has 0 unspecified atom stereocenters. The summed E-state index contributed by atoms with van der Waals surface area (Å²) < 4.78 is 17.9. The normalized spacial score (nSPS) is 11.1. The number of nitrogens with zero attached hydrogens (tertiary/aromatic N) is 6. The lowest BCUT2D eigenvalue weighted by Crippen LogP contribution is -2.12. The molecule has 0 radical (unpaired) electrons. The molecule has 150 valence electrons. The van der Waals surface area contributed by atoms with E-state index in [-0.39, 0.29) is 6.61 Å². The van der Waals surface area contributed by atoms with Gasteiger partial charge >= 0.3 is 0 Å². The molecule has 10 heteroatoms. The number of rotatable bonds is 8. The number of methoxy groups -OCH3 is 1. The highest BCUT2D eigenvalue weighted by atomic mass is 16.5. The lowest BCUT2D eigenvalue weighted by atomic mass is 10.2. The summed E-state index contributed by atoms with van der Waals surface area (Å²) >= 11 is 0. The summed E-state index contributed by atoms with van der Waals surface area (Å²) in [6, 6.07) is 7.42. The van der Waals surface area contributed by atoms with Crippen LogP contribution in [0.3, 0.4) is 0 Å². The molecule has 0 aromatic carbocycles. The zero-order valence-corrected chi connectivity index (χ0v) is 16.4. The minimum atomic E-state index is 0.247. The molecule has 0 bridgehead atoms. The quantitative estimate of drug-likeness (QED) is 0.479. The predicted octanol–water partition coefficient (Wildman–Crippen LogP) is 2.18. The third-order valence-electron chi connectivity index (χ3n) is 4.23. The SMILES string of the molecule is CCNCc1ccc(COc2nn3c(-c4cc(C)on4)nnc3cc2OC)nc1. The number of hydrogen-bond acceptors (Lipinski definition) is 9. The van der Waals surface area contributed by atoms with E-state index >= 15 is 0 Å². The average Bonchev–Trinajstić information content (AvgIpc) is 3.36. The van der Waals surface area contributed by atoms with Gasteiger partial charge in [-0.1, -0.05) is 18.1 Å².